The lowest BCUT2D eigenvalue weighted by atomic mass is 9.97. The monoisotopic (exact) mass is 455 g/mol. The third-order valence-corrected chi connectivity index (χ3v) is 6.94. The fourth-order valence-corrected chi connectivity index (χ4v) is 5.20. The van der Waals surface area contributed by atoms with E-state index in [4.69, 9.17) is 4.74 Å². The van der Waals surface area contributed by atoms with Gasteiger partial charge in [0.05, 0.1) is 5.92 Å². The standard InChI is InChI=1S/C23H25N3O5S/c1-15-7-5-9-18(13-15)24-22(27)16(2)31-23(28)17-8-6-12-26(14-17)21-19-10-3-4-11-20(19)32(29,30)25-21/h3-5,7,9-11,13,16-17H,6,8,12,14H2,1-2H3,(H,24,27)/t16-,17+/m0/s1. The molecule has 32 heavy (non-hydrogen) atoms. The minimum Gasteiger partial charge on any atom is -0.452 e. The van der Waals surface area contributed by atoms with E-state index in [-0.39, 0.29) is 11.4 Å². The van der Waals surface area contributed by atoms with Gasteiger partial charge in [0.15, 0.2) is 11.9 Å². The van der Waals surface area contributed by atoms with Gasteiger partial charge in [0, 0.05) is 24.3 Å². The van der Waals surface area contributed by atoms with Crippen LogP contribution in [0.1, 0.15) is 30.9 Å². The van der Waals surface area contributed by atoms with E-state index in [1.807, 2.05) is 30.0 Å². The van der Waals surface area contributed by atoms with Gasteiger partial charge in [0.2, 0.25) is 0 Å². The van der Waals surface area contributed by atoms with Gasteiger partial charge < -0.3 is 15.0 Å². The molecule has 2 heterocycles. The Bertz CT molecular complexity index is 1190. The molecule has 9 heteroatoms. The number of benzene rings is 2. The van der Waals surface area contributed by atoms with Crippen molar-refractivity contribution in [3.8, 4) is 0 Å². The number of amides is 1. The highest BCUT2D eigenvalue weighted by atomic mass is 32.2. The number of ether oxygens (including phenoxy) is 1. The van der Waals surface area contributed by atoms with Crippen LogP contribution < -0.4 is 5.32 Å². The second-order valence-corrected chi connectivity index (χ2v) is 9.68. The minimum atomic E-state index is -3.73. The lowest BCUT2D eigenvalue weighted by molar-refractivity contribution is -0.158. The first-order valence-corrected chi connectivity index (χ1v) is 12.0. The zero-order chi connectivity index (χ0) is 22.9. The fraction of sp³-hybridized carbons (Fsp3) is 0.348. The number of esters is 1. The number of nitrogens with one attached hydrogen (secondary N) is 1. The Kier molecular flexibility index (Phi) is 6.01. The molecule has 1 fully saturated rings. The normalized spacial score (nSPS) is 20.1. The smallest absolute Gasteiger partial charge is 0.311 e. The Morgan fingerprint density at radius 3 is 2.75 bits per heavy atom. The number of nitrogens with zero attached hydrogens (tertiary/aromatic N) is 2. The van der Waals surface area contributed by atoms with Gasteiger partial charge in [-0.15, -0.1) is 4.40 Å². The first-order valence-electron chi connectivity index (χ1n) is 10.5. The van der Waals surface area contributed by atoms with Gasteiger partial charge in [-0.25, -0.2) is 0 Å². The van der Waals surface area contributed by atoms with Crippen molar-refractivity contribution in [1.82, 2.24) is 4.90 Å². The summed E-state index contributed by atoms with van der Waals surface area (Å²) >= 11 is 0. The number of hydrogen-bond donors (Lipinski definition) is 1. The summed E-state index contributed by atoms with van der Waals surface area (Å²) in [6.45, 7) is 4.34. The average molecular weight is 456 g/mol. The predicted octanol–water partition coefficient (Wildman–Crippen LogP) is 2.73. The van der Waals surface area contributed by atoms with Crippen LogP contribution in [0.3, 0.4) is 0 Å². The molecule has 8 nitrogen and oxygen atoms in total. The van der Waals surface area contributed by atoms with E-state index in [9.17, 15) is 18.0 Å². The molecule has 0 aliphatic carbocycles. The van der Waals surface area contributed by atoms with E-state index in [0.29, 0.717) is 36.5 Å². The Balaban J connectivity index is 1.40. The van der Waals surface area contributed by atoms with Crippen molar-refractivity contribution in [3.63, 3.8) is 0 Å². The molecule has 1 amide bonds. The van der Waals surface area contributed by atoms with Gasteiger partial charge in [0.25, 0.3) is 15.9 Å². The third-order valence-electron chi connectivity index (χ3n) is 5.61. The zero-order valence-electron chi connectivity index (χ0n) is 17.9. The van der Waals surface area contributed by atoms with Crippen LogP contribution in [0.25, 0.3) is 0 Å². The highest BCUT2D eigenvalue weighted by Gasteiger charge is 2.36. The first-order chi connectivity index (χ1) is 15.2. The maximum Gasteiger partial charge on any atom is 0.311 e. The number of anilines is 1. The number of amidine groups is 1. The summed E-state index contributed by atoms with van der Waals surface area (Å²) in [6.07, 6.45) is 0.331. The molecule has 4 rings (SSSR count). The largest absolute Gasteiger partial charge is 0.452 e. The summed E-state index contributed by atoms with van der Waals surface area (Å²) in [5.74, 6) is -0.993. The molecule has 0 spiro atoms. The Hall–Kier alpha value is -3.20. The number of hydrogen-bond acceptors (Lipinski definition) is 6. The second-order valence-electron chi connectivity index (χ2n) is 8.11. The van der Waals surface area contributed by atoms with Crippen molar-refractivity contribution in [3.05, 3.63) is 59.7 Å². The van der Waals surface area contributed by atoms with Gasteiger partial charge >= 0.3 is 5.97 Å². The van der Waals surface area contributed by atoms with Crippen LogP contribution in [0.2, 0.25) is 0 Å². The predicted molar refractivity (Wildman–Crippen MR) is 120 cm³/mol. The van der Waals surface area contributed by atoms with E-state index in [2.05, 4.69) is 9.71 Å². The highest BCUT2D eigenvalue weighted by Crippen LogP contribution is 2.30. The molecule has 2 aromatic rings. The summed E-state index contributed by atoms with van der Waals surface area (Å²) in [5.41, 5.74) is 2.20. The molecule has 2 aliphatic rings. The fourth-order valence-electron chi connectivity index (χ4n) is 3.97. The van der Waals surface area contributed by atoms with E-state index < -0.39 is 33.9 Å². The molecule has 0 radical (unpaired) electrons. The van der Waals surface area contributed by atoms with Crippen molar-refractivity contribution in [1.29, 1.82) is 0 Å². The quantitative estimate of drug-likeness (QED) is 0.711. The molecule has 2 aliphatic heterocycles. The molecule has 1 N–H and O–H groups in total. The van der Waals surface area contributed by atoms with Crippen molar-refractivity contribution in [2.75, 3.05) is 18.4 Å². The topological polar surface area (TPSA) is 105 Å². The summed E-state index contributed by atoms with van der Waals surface area (Å²) in [5, 5.41) is 2.75. The maximum atomic E-state index is 12.8. The lowest BCUT2D eigenvalue weighted by Gasteiger charge is -2.33. The Morgan fingerprint density at radius 2 is 1.97 bits per heavy atom. The average Bonchev–Trinajstić information content (AvgIpc) is 3.05. The SMILES string of the molecule is Cc1cccc(NC(=O)[C@H](C)OC(=O)[C@@H]2CCCN(C3=NS(=O)(=O)c4ccccc43)C2)c1. The molecule has 0 saturated carbocycles. The number of piperidine rings is 1. The number of carbonyl (C=O) groups excluding carboxylic acids is 2. The molecule has 0 unspecified atom stereocenters. The van der Waals surface area contributed by atoms with Gasteiger partial charge in [0.1, 0.15) is 4.90 Å². The first kappa shape index (κ1) is 22.0. The van der Waals surface area contributed by atoms with Crippen molar-refractivity contribution in [2.24, 2.45) is 10.3 Å². The van der Waals surface area contributed by atoms with E-state index >= 15 is 0 Å². The van der Waals surface area contributed by atoms with Crippen LogP contribution in [-0.2, 0) is 24.3 Å². The molecule has 168 valence electrons. The lowest BCUT2D eigenvalue weighted by Crippen LogP contribution is -2.44. The molecule has 2 atom stereocenters. The summed E-state index contributed by atoms with van der Waals surface area (Å²) in [6, 6.07) is 14.0. The molecule has 2 aromatic carbocycles. The summed E-state index contributed by atoms with van der Waals surface area (Å²) in [7, 11) is -3.73. The van der Waals surface area contributed by atoms with E-state index in [0.717, 1.165) is 5.56 Å². The number of fused-ring (bicyclic) bond motifs is 1. The van der Waals surface area contributed by atoms with E-state index in [1.165, 1.54) is 13.0 Å². The van der Waals surface area contributed by atoms with Crippen LogP contribution >= 0.6 is 0 Å². The highest BCUT2D eigenvalue weighted by molar-refractivity contribution is 7.90. The van der Waals surface area contributed by atoms with Crippen molar-refractivity contribution < 1.29 is 22.7 Å². The summed E-state index contributed by atoms with van der Waals surface area (Å²) in [4.78, 5) is 27.2. The second kappa shape index (κ2) is 8.74. The number of aryl methyl sites for hydroxylation is 1. The van der Waals surface area contributed by atoms with Gasteiger partial charge in [-0.3, -0.25) is 9.59 Å². The van der Waals surface area contributed by atoms with Crippen LogP contribution in [-0.4, -0.2) is 50.2 Å². The maximum absolute atomic E-state index is 12.8. The Labute approximate surface area is 187 Å². The van der Waals surface area contributed by atoms with Gasteiger partial charge in [-0.2, -0.15) is 8.42 Å². The molecular weight excluding hydrogens is 430 g/mol. The van der Waals surface area contributed by atoms with Crippen LogP contribution in [0, 0.1) is 12.8 Å². The number of likely N-dealkylation sites (tertiary alicyclic amines) is 1. The molecule has 0 bridgehead atoms. The number of sulfonamides is 1. The third kappa shape index (κ3) is 4.52. The molecular formula is C23H25N3O5S. The Morgan fingerprint density at radius 1 is 1.19 bits per heavy atom. The van der Waals surface area contributed by atoms with Crippen LogP contribution in [0.5, 0.6) is 0 Å². The van der Waals surface area contributed by atoms with Crippen LogP contribution in [0.15, 0.2) is 57.8 Å². The van der Waals surface area contributed by atoms with Crippen molar-refractivity contribution in [2.45, 2.75) is 37.7 Å². The van der Waals surface area contributed by atoms with Gasteiger partial charge in [-0.1, -0.05) is 24.3 Å². The van der Waals surface area contributed by atoms with E-state index in [1.54, 1.807) is 24.3 Å². The molecule has 1 saturated heterocycles. The minimum absolute atomic E-state index is 0.182. The van der Waals surface area contributed by atoms with Crippen molar-refractivity contribution >= 4 is 33.4 Å². The summed E-state index contributed by atoms with van der Waals surface area (Å²) < 4.78 is 34.1. The number of carbonyl (C=O) groups is 2. The molecule has 0 aromatic heterocycles. The van der Waals surface area contributed by atoms with Gasteiger partial charge in [-0.05, 0) is 56.5 Å². The zero-order valence-corrected chi connectivity index (χ0v) is 18.8. The van der Waals surface area contributed by atoms with Crippen LogP contribution in [0.4, 0.5) is 5.69 Å². The number of rotatable bonds is 4.